The summed E-state index contributed by atoms with van der Waals surface area (Å²) in [5, 5.41) is 38.3. The van der Waals surface area contributed by atoms with Crippen LogP contribution < -0.4 is 5.32 Å². The van der Waals surface area contributed by atoms with Crippen LogP contribution in [-0.2, 0) is 4.79 Å². The van der Waals surface area contributed by atoms with Gasteiger partial charge in [-0.25, -0.2) is 0 Å². The van der Waals surface area contributed by atoms with Crippen molar-refractivity contribution in [2.45, 2.75) is 35.4 Å². The van der Waals surface area contributed by atoms with Gasteiger partial charge in [-0.05, 0) is 0 Å². The van der Waals surface area contributed by atoms with Crippen molar-refractivity contribution in [1.82, 2.24) is 5.32 Å². The van der Waals surface area contributed by atoms with Crippen LogP contribution in [0.2, 0.25) is 0 Å². The molecule has 0 spiro atoms. The SMILES string of the molecule is O=C(NC1C(O)[C@H](O)C(CO)S[C@H]1O)C(F)F. The monoisotopic (exact) mass is 273 g/mol. The molecule has 1 fully saturated rings. The molecule has 5 atom stereocenters. The second kappa shape index (κ2) is 5.91. The minimum Gasteiger partial charge on any atom is -0.395 e. The minimum atomic E-state index is -3.27. The van der Waals surface area contributed by atoms with Crippen LogP contribution in [0.15, 0.2) is 0 Å². The van der Waals surface area contributed by atoms with Gasteiger partial charge in [-0.15, -0.1) is 11.8 Å². The molecule has 9 heteroatoms. The minimum absolute atomic E-state index is 0.491. The van der Waals surface area contributed by atoms with Crippen molar-refractivity contribution in [2.75, 3.05) is 6.61 Å². The van der Waals surface area contributed by atoms with E-state index in [2.05, 4.69) is 0 Å². The molecule has 1 rings (SSSR count). The molecule has 17 heavy (non-hydrogen) atoms. The molecular formula is C8H13F2NO5S. The van der Waals surface area contributed by atoms with E-state index in [1.165, 1.54) is 0 Å². The molecule has 0 bridgehead atoms. The molecule has 5 N–H and O–H groups in total. The Morgan fingerprint density at radius 1 is 1.29 bits per heavy atom. The first-order valence-electron chi connectivity index (χ1n) is 4.77. The topological polar surface area (TPSA) is 110 Å². The van der Waals surface area contributed by atoms with Crippen molar-refractivity contribution in [2.24, 2.45) is 0 Å². The molecule has 1 aliphatic heterocycles. The quantitative estimate of drug-likeness (QED) is 0.402. The Hall–Kier alpha value is -0.480. The largest absolute Gasteiger partial charge is 0.395 e. The Bertz CT molecular complexity index is 283. The molecule has 1 amide bonds. The standard InChI is InChI=1S/C8H13F2NO5S/c9-6(10)7(15)11-3-5(14)4(13)2(1-12)17-8(3)16/h2-6,8,12-14,16H,1H2,(H,11,15)/t2?,3?,4-,5?,8-/m1/s1. The second-order valence-corrected chi connectivity index (χ2v) is 4.92. The summed E-state index contributed by atoms with van der Waals surface area (Å²) in [4.78, 5) is 10.7. The van der Waals surface area contributed by atoms with Crippen LogP contribution in [0.3, 0.4) is 0 Å². The third-order valence-corrected chi connectivity index (χ3v) is 3.76. The fourth-order valence-corrected chi connectivity index (χ4v) is 2.64. The summed E-state index contributed by atoms with van der Waals surface area (Å²) < 4.78 is 24.0. The number of hydrogen-bond donors (Lipinski definition) is 5. The lowest BCUT2D eigenvalue weighted by molar-refractivity contribution is -0.135. The fraction of sp³-hybridized carbons (Fsp3) is 0.875. The highest BCUT2D eigenvalue weighted by Gasteiger charge is 2.44. The zero-order valence-electron chi connectivity index (χ0n) is 8.53. The molecule has 1 heterocycles. The van der Waals surface area contributed by atoms with Crippen molar-refractivity contribution < 1.29 is 34.0 Å². The van der Waals surface area contributed by atoms with E-state index in [0.717, 1.165) is 0 Å². The molecule has 0 radical (unpaired) electrons. The Balaban J connectivity index is 2.69. The van der Waals surface area contributed by atoms with E-state index in [0.29, 0.717) is 11.8 Å². The molecule has 100 valence electrons. The van der Waals surface area contributed by atoms with Gasteiger partial charge in [0.1, 0.15) is 11.5 Å². The highest BCUT2D eigenvalue weighted by molar-refractivity contribution is 8.00. The number of aliphatic hydroxyl groups is 4. The first-order valence-corrected chi connectivity index (χ1v) is 5.71. The summed E-state index contributed by atoms with van der Waals surface area (Å²) in [5.41, 5.74) is -1.38. The van der Waals surface area contributed by atoms with Gasteiger partial charge < -0.3 is 25.7 Å². The van der Waals surface area contributed by atoms with Crippen molar-refractivity contribution in [3.8, 4) is 0 Å². The number of aliphatic hydroxyl groups excluding tert-OH is 4. The van der Waals surface area contributed by atoms with Crippen LogP contribution in [-0.4, -0.2) is 68.3 Å². The van der Waals surface area contributed by atoms with E-state index >= 15 is 0 Å². The summed E-state index contributed by atoms with van der Waals surface area (Å²) in [7, 11) is 0. The summed E-state index contributed by atoms with van der Waals surface area (Å²) in [6.07, 6.45) is -6.31. The number of carbonyl (C=O) groups is 1. The van der Waals surface area contributed by atoms with E-state index in [-0.39, 0.29) is 0 Å². The molecule has 0 aromatic carbocycles. The molecule has 0 aromatic heterocycles. The normalized spacial score (nSPS) is 38.2. The predicted octanol–water partition coefficient (Wildman–Crippen LogP) is -2.12. The van der Waals surface area contributed by atoms with Crippen molar-refractivity contribution in [3.63, 3.8) is 0 Å². The molecule has 1 saturated heterocycles. The predicted molar refractivity (Wildman–Crippen MR) is 54.4 cm³/mol. The van der Waals surface area contributed by atoms with E-state index in [9.17, 15) is 28.9 Å². The lowest BCUT2D eigenvalue weighted by Crippen LogP contribution is -2.61. The Labute approximate surface area is 99.6 Å². The molecular weight excluding hydrogens is 260 g/mol. The van der Waals surface area contributed by atoms with Gasteiger partial charge in [-0.2, -0.15) is 8.78 Å². The summed E-state index contributed by atoms with van der Waals surface area (Å²) in [5.74, 6) is -1.64. The summed E-state index contributed by atoms with van der Waals surface area (Å²) in [6, 6.07) is -1.40. The van der Waals surface area contributed by atoms with Gasteiger partial charge in [0.25, 0.3) is 5.91 Å². The van der Waals surface area contributed by atoms with Crippen molar-refractivity contribution in [3.05, 3.63) is 0 Å². The number of rotatable bonds is 3. The highest BCUT2D eigenvalue weighted by Crippen LogP contribution is 2.31. The molecule has 1 aliphatic rings. The zero-order valence-corrected chi connectivity index (χ0v) is 9.35. The van der Waals surface area contributed by atoms with Gasteiger partial charge >= 0.3 is 6.43 Å². The first kappa shape index (κ1) is 14.6. The van der Waals surface area contributed by atoms with Crippen LogP contribution in [0.4, 0.5) is 8.78 Å². The van der Waals surface area contributed by atoms with Crippen LogP contribution in [0.1, 0.15) is 0 Å². The highest BCUT2D eigenvalue weighted by atomic mass is 32.2. The van der Waals surface area contributed by atoms with Crippen molar-refractivity contribution >= 4 is 17.7 Å². The van der Waals surface area contributed by atoms with Gasteiger partial charge in [0.2, 0.25) is 0 Å². The maximum absolute atomic E-state index is 12.0. The summed E-state index contributed by atoms with van der Waals surface area (Å²) in [6.45, 7) is -0.491. The fourth-order valence-electron chi connectivity index (χ4n) is 1.48. The van der Waals surface area contributed by atoms with Crippen LogP contribution in [0.25, 0.3) is 0 Å². The van der Waals surface area contributed by atoms with E-state index in [1.807, 2.05) is 0 Å². The lowest BCUT2D eigenvalue weighted by Gasteiger charge is -2.39. The van der Waals surface area contributed by atoms with Gasteiger partial charge in [0.05, 0.1) is 24.0 Å². The average molecular weight is 273 g/mol. The molecule has 3 unspecified atom stereocenters. The zero-order chi connectivity index (χ0) is 13.2. The Kier molecular flexibility index (Phi) is 5.07. The van der Waals surface area contributed by atoms with Gasteiger partial charge in [0.15, 0.2) is 0 Å². The maximum atomic E-state index is 12.0. The van der Waals surface area contributed by atoms with Crippen LogP contribution >= 0.6 is 11.8 Å². The first-order chi connectivity index (χ1) is 7.88. The maximum Gasteiger partial charge on any atom is 0.315 e. The smallest absolute Gasteiger partial charge is 0.315 e. The number of carbonyl (C=O) groups excluding carboxylic acids is 1. The summed E-state index contributed by atoms with van der Waals surface area (Å²) >= 11 is 0.696. The lowest BCUT2D eigenvalue weighted by atomic mass is 10.0. The second-order valence-electron chi connectivity index (χ2n) is 3.56. The van der Waals surface area contributed by atoms with Crippen molar-refractivity contribution in [1.29, 1.82) is 0 Å². The Morgan fingerprint density at radius 3 is 2.35 bits per heavy atom. The molecule has 0 aromatic rings. The Morgan fingerprint density at radius 2 is 1.88 bits per heavy atom. The number of thioether (sulfide) groups is 1. The molecule has 0 saturated carbocycles. The number of amides is 1. The van der Waals surface area contributed by atoms with E-state index in [4.69, 9.17) is 5.11 Å². The number of alkyl halides is 2. The van der Waals surface area contributed by atoms with E-state index in [1.54, 1.807) is 5.32 Å². The average Bonchev–Trinajstić information content (AvgIpc) is 2.28. The number of hydrogen-bond acceptors (Lipinski definition) is 6. The third-order valence-electron chi connectivity index (χ3n) is 2.41. The third kappa shape index (κ3) is 3.26. The van der Waals surface area contributed by atoms with Crippen LogP contribution in [0, 0.1) is 0 Å². The van der Waals surface area contributed by atoms with Gasteiger partial charge in [-0.1, -0.05) is 0 Å². The molecule has 6 nitrogen and oxygen atoms in total. The van der Waals surface area contributed by atoms with Gasteiger partial charge in [0, 0.05) is 0 Å². The number of nitrogens with one attached hydrogen (secondary N) is 1. The van der Waals surface area contributed by atoms with Gasteiger partial charge in [-0.3, -0.25) is 4.79 Å². The van der Waals surface area contributed by atoms with E-state index < -0.39 is 47.9 Å². The number of halogens is 2. The van der Waals surface area contributed by atoms with Crippen LogP contribution in [0.5, 0.6) is 0 Å². The molecule has 0 aliphatic carbocycles.